The van der Waals surface area contributed by atoms with Gasteiger partial charge in [-0.15, -0.1) is 24.0 Å². The SMILES string of the molecule is CCCC(CCO)CN=C(NCC)NCCC(=O)NC1CCS(=O)(=O)C1.I. The summed E-state index contributed by atoms with van der Waals surface area (Å²) in [5, 5.41) is 18.2. The molecule has 0 bridgehead atoms. The molecule has 1 amide bonds. The molecule has 0 aliphatic carbocycles. The Morgan fingerprint density at radius 3 is 2.56 bits per heavy atom. The maximum absolute atomic E-state index is 12.0. The van der Waals surface area contributed by atoms with Gasteiger partial charge in [-0.2, -0.15) is 0 Å². The number of halogens is 1. The summed E-state index contributed by atoms with van der Waals surface area (Å²) >= 11 is 0. The summed E-state index contributed by atoms with van der Waals surface area (Å²) in [5.74, 6) is 1.05. The fourth-order valence-electron chi connectivity index (χ4n) is 2.98. The number of carbonyl (C=O) groups is 1. The highest BCUT2D eigenvalue weighted by atomic mass is 127. The number of amides is 1. The molecule has 1 saturated heterocycles. The Bertz CT molecular complexity index is 551. The first kappa shape index (κ1) is 26.4. The van der Waals surface area contributed by atoms with E-state index in [9.17, 15) is 13.2 Å². The smallest absolute Gasteiger partial charge is 0.222 e. The Kier molecular flexibility index (Phi) is 14.1. The molecule has 2 unspecified atom stereocenters. The van der Waals surface area contributed by atoms with Crippen LogP contribution in [0.1, 0.15) is 46.0 Å². The summed E-state index contributed by atoms with van der Waals surface area (Å²) in [7, 11) is -2.98. The molecule has 8 nitrogen and oxygen atoms in total. The molecule has 0 radical (unpaired) electrons. The minimum Gasteiger partial charge on any atom is -0.396 e. The van der Waals surface area contributed by atoms with Crippen molar-refractivity contribution >= 4 is 45.7 Å². The average molecular weight is 518 g/mol. The number of rotatable bonds is 11. The maximum Gasteiger partial charge on any atom is 0.222 e. The Labute approximate surface area is 180 Å². The van der Waals surface area contributed by atoms with Gasteiger partial charge in [-0.3, -0.25) is 9.79 Å². The molecule has 160 valence electrons. The zero-order chi connectivity index (χ0) is 19.4. The molecule has 0 saturated carbocycles. The van der Waals surface area contributed by atoms with E-state index in [0.29, 0.717) is 31.4 Å². The van der Waals surface area contributed by atoms with Crippen molar-refractivity contribution in [1.29, 1.82) is 0 Å². The molecule has 1 aliphatic rings. The fourth-order valence-corrected chi connectivity index (χ4v) is 4.66. The van der Waals surface area contributed by atoms with E-state index in [0.717, 1.165) is 25.8 Å². The second-order valence-electron chi connectivity index (χ2n) is 6.73. The molecule has 0 aromatic rings. The van der Waals surface area contributed by atoms with Crippen LogP contribution >= 0.6 is 24.0 Å². The number of aliphatic imine (C=N–C) groups is 1. The molecule has 1 heterocycles. The van der Waals surface area contributed by atoms with Gasteiger partial charge in [0, 0.05) is 38.7 Å². The Hall–Kier alpha value is -0.620. The summed E-state index contributed by atoms with van der Waals surface area (Å²) in [6.45, 7) is 6.04. The van der Waals surface area contributed by atoms with E-state index >= 15 is 0 Å². The third-order valence-electron chi connectivity index (χ3n) is 4.33. The van der Waals surface area contributed by atoms with Crippen LogP contribution in [0.5, 0.6) is 0 Å². The first-order valence-electron chi connectivity index (χ1n) is 9.53. The van der Waals surface area contributed by atoms with E-state index in [2.05, 4.69) is 27.9 Å². The van der Waals surface area contributed by atoms with Crippen LogP contribution in [0.4, 0.5) is 0 Å². The lowest BCUT2D eigenvalue weighted by atomic mass is 10.0. The standard InChI is InChI=1S/C17H34N4O4S.HI/c1-3-5-14(7-10-22)12-20-17(18-4-2)19-9-6-16(23)21-15-8-11-26(24,25)13-15;/h14-15,22H,3-13H2,1-2H3,(H,21,23)(H2,18,19,20);1H. The number of hydrogen-bond acceptors (Lipinski definition) is 5. The Morgan fingerprint density at radius 2 is 2.00 bits per heavy atom. The van der Waals surface area contributed by atoms with Gasteiger partial charge in [-0.25, -0.2) is 8.42 Å². The highest BCUT2D eigenvalue weighted by Gasteiger charge is 2.28. The molecule has 10 heteroatoms. The molecule has 0 aromatic carbocycles. The summed E-state index contributed by atoms with van der Waals surface area (Å²) in [4.78, 5) is 16.5. The van der Waals surface area contributed by atoms with E-state index in [1.807, 2.05) is 6.92 Å². The lowest BCUT2D eigenvalue weighted by molar-refractivity contribution is -0.121. The lowest BCUT2D eigenvalue weighted by Gasteiger charge is -2.15. The highest BCUT2D eigenvalue weighted by Crippen LogP contribution is 2.12. The van der Waals surface area contributed by atoms with Gasteiger partial charge in [0.2, 0.25) is 5.91 Å². The van der Waals surface area contributed by atoms with E-state index in [1.54, 1.807) is 0 Å². The molecular formula is C17H35IN4O4S. The maximum atomic E-state index is 12.0. The number of guanidine groups is 1. The predicted molar refractivity (Wildman–Crippen MR) is 119 cm³/mol. The van der Waals surface area contributed by atoms with Crippen molar-refractivity contribution < 1.29 is 18.3 Å². The summed E-state index contributed by atoms with van der Waals surface area (Å²) in [6.07, 6.45) is 3.58. The average Bonchev–Trinajstić information content (AvgIpc) is 2.91. The van der Waals surface area contributed by atoms with E-state index in [-0.39, 0.29) is 60.5 Å². The second-order valence-corrected chi connectivity index (χ2v) is 8.96. The van der Waals surface area contributed by atoms with Crippen molar-refractivity contribution in [2.45, 2.75) is 52.0 Å². The van der Waals surface area contributed by atoms with Gasteiger partial charge in [0.15, 0.2) is 15.8 Å². The van der Waals surface area contributed by atoms with Gasteiger partial charge in [-0.05, 0) is 32.1 Å². The number of aliphatic hydroxyl groups excluding tert-OH is 1. The highest BCUT2D eigenvalue weighted by molar-refractivity contribution is 14.0. The van der Waals surface area contributed by atoms with Gasteiger partial charge in [-0.1, -0.05) is 13.3 Å². The van der Waals surface area contributed by atoms with Crippen LogP contribution < -0.4 is 16.0 Å². The molecule has 0 aromatic heterocycles. The number of hydrogen-bond donors (Lipinski definition) is 4. The molecule has 4 N–H and O–H groups in total. The number of sulfone groups is 1. The minimum atomic E-state index is -2.98. The minimum absolute atomic E-state index is 0. The van der Waals surface area contributed by atoms with Crippen molar-refractivity contribution in [3.05, 3.63) is 0 Å². The summed E-state index contributed by atoms with van der Waals surface area (Å²) in [6, 6.07) is -0.261. The second kappa shape index (κ2) is 14.4. The van der Waals surface area contributed by atoms with Crippen molar-refractivity contribution in [2.75, 3.05) is 37.7 Å². The number of aliphatic hydroxyl groups is 1. The Balaban J connectivity index is 0.00000676. The number of nitrogens with one attached hydrogen (secondary N) is 3. The van der Waals surface area contributed by atoms with E-state index in [1.165, 1.54) is 0 Å². The molecule has 27 heavy (non-hydrogen) atoms. The molecule has 1 aliphatic heterocycles. The van der Waals surface area contributed by atoms with Crippen LogP contribution in [-0.4, -0.2) is 69.2 Å². The van der Waals surface area contributed by atoms with Gasteiger partial charge < -0.3 is 21.1 Å². The molecular weight excluding hydrogens is 483 g/mol. The van der Waals surface area contributed by atoms with Crippen LogP contribution in [0.2, 0.25) is 0 Å². The largest absolute Gasteiger partial charge is 0.396 e. The van der Waals surface area contributed by atoms with Gasteiger partial charge in [0.05, 0.1) is 11.5 Å². The van der Waals surface area contributed by atoms with E-state index in [4.69, 9.17) is 5.11 Å². The molecule has 1 rings (SSSR count). The Morgan fingerprint density at radius 1 is 1.26 bits per heavy atom. The number of nitrogens with zero attached hydrogens (tertiary/aromatic N) is 1. The molecule has 0 spiro atoms. The molecule has 2 atom stereocenters. The van der Waals surface area contributed by atoms with E-state index < -0.39 is 9.84 Å². The van der Waals surface area contributed by atoms with Crippen LogP contribution in [0, 0.1) is 5.92 Å². The summed E-state index contributed by atoms with van der Waals surface area (Å²) < 4.78 is 22.8. The fraction of sp³-hybridized carbons (Fsp3) is 0.882. The predicted octanol–water partition coefficient (Wildman–Crippen LogP) is 0.652. The van der Waals surface area contributed by atoms with Crippen molar-refractivity contribution in [2.24, 2.45) is 10.9 Å². The zero-order valence-electron chi connectivity index (χ0n) is 16.4. The number of carbonyl (C=O) groups excluding carboxylic acids is 1. The summed E-state index contributed by atoms with van der Waals surface area (Å²) in [5.41, 5.74) is 0. The zero-order valence-corrected chi connectivity index (χ0v) is 19.5. The lowest BCUT2D eigenvalue weighted by Crippen LogP contribution is -2.41. The van der Waals surface area contributed by atoms with Crippen molar-refractivity contribution in [1.82, 2.24) is 16.0 Å². The first-order chi connectivity index (χ1) is 12.4. The van der Waals surface area contributed by atoms with Gasteiger partial charge >= 0.3 is 0 Å². The monoisotopic (exact) mass is 518 g/mol. The third-order valence-corrected chi connectivity index (χ3v) is 6.10. The van der Waals surface area contributed by atoms with Crippen LogP contribution in [0.3, 0.4) is 0 Å². The van der Waals surface area contributed by atoms with Crippen LogP contribution in [-0.2, 0) is 14.6 Å². The molecule has 1 fully saturated rings. The van der Waals surface area contributed by atoms with Gasteiger partial charge in [0.1, 0.15) is 0 Å². The van der Waals surface area contributed by atoms with Gasteiger partial charge in [0.25, 0.3) is 0 Å². The van der Waals surface area contributed by atoms with Crippen LogP contribution in [0.15, 0.2) is 4.99 Å². The van der Waals surface area contributed by atoms with Crippen molar-refractivity contribution in [3.8, 4) is 0 Å². The van der Waals surface area contributed by atoms with Crippen molar-refractivity contribution in [3.63, 3.8) is 0 Å². The van der Waals surface area contributed by atoms with Crippen LogP contribution in [0.25, 0.3) is 0 Å². The third kappa shape index (κ3) is 11.7. The first-order valence-corrected chi connectivity index (χ1v) is 11.3. The quantitative estimate of drug-likeness (QED) is 0.181. The topological polar surface area (TPSA) is 120 Å². The normalized spacial score (nSPS) is 19.8.